The Morgan fingerprint density at radius 2 is 2.22 bits per heavy atom. The molecule has 0 amide bonds. The average Bonchev–Trinajstić information content (AvgIpc) is 2.27. The van der Waals surface area contributed by atoms with Crippen LogP contribution in [0, 0.1) is 0 Å². The lowest BCUT2D eigenvalue weighted by molar-refractivity contribution is 0.209. The Labute approximate surface area is 116 Å². The van der Waals surface area contributed by atoms with Crippen LogP contribution in [0.15, 0.2) is 0 Å². The van der Waals surface area contributed by atoms with Crippen molar-refractivity contribution in [1.82, 2.24) is 10.2 Å². The summed E-state index contributed by atoms with van der Waals surface area (Å²) in [5.74, 6) is 2.65. The van der Waals surface area contributed by atoms with Crippen LogP contribution in [0.5, 0.6) is 0 Å². The SMILES string of the molecule is CCNC(CCCS(C)(=O)=O)C1CSCCN1C. The normalized spacial score (nSPS) is 24.1. The summed E-state index contributed by atoms with van der Waals surface area (Å²) in [7, 11) is -0.654. The largest absolute Gasteiger partial charge is 0.313 e. The van der Waals surface area contributed by atoms with Crippen LogP contribution in [-0.2, 0) is 9.84 Å². The van der Waals surface area contributed by atoms with Crippen molar-refractivity contribution in [2.24, 2.45) is 0 Å². The van der Waals surface area contributed by atoms with Gasteiger partial charge in [-0.1, -0.05) is 6.92 Å². The van der Waals surface area contributed by atoms with Gasteiger partial charge in [0.2, 0.25) is 0 Å². The van der Waals surface area contributed by atoms with E-state index in [0.717, 1.165) is 31.7 Å². The molecule has 0 saturated carbocycles. The Morgan fingerprint density at radius 1 is 1.50 bits per heavy atom. The van der Waals surface area contributed by atoms with Gasteiger partial charge in [0.15, 0.2) is 0 Å². The maximum atomic E-state index is 11.2. The molecule has 0 aromatic carbocycles. The van der Waals surface area contributed by atoms with Crippen LogP contribution >= 0.6 is 11.8 Å². The van der Waals surface area contributed by atoms with Gasteiger partial charge in [-0.05, 0) is 26.4 Å². The molecule has 1 N–H and O–H groups in total. The summed E-state index contributed by atoms with van der Waals surface area (Å²) in [5.41, 5.74) is 0. The predicted octanol–water partition coefficient (Wildman–Crippen LogP) is 0.837. The minimum Gasteiger partial charge on any atom is -0.313 e. The summed E-state index contributed by atoms with van der Waals surface area (Å²) in [5, 5.41) is 3.52. The van der Waals surface area contributed by atoms with Gasteiger partial charge >= 0.3 is 0 Å². The van der Waals surface area contributed by atoms with E-state index < -0.39 is 9.84 Å². The Hall–Kier alpha value is 0.220. The van der Waals surface area contributed by atoms with Crippen LogP contribution in [0.3, 0.4) is 0 Å². The highest BCUT2D eigenvalue weighted by atomic mass is 32.2. The van der Waals surface area contributed by atoms with Crippen LogP contribution in [0.1, 0.15) is 19.8 Å². The predicted molar refractivity (Wildman–Crippen MR) is 80.2 cm³/mol. The minimum absolute atomic E-state index is 0.304. The first-order valence-electron chi connectivity index (χ1n) is 6.63. The van der Waals surface area contributed by atoms with E-state index in [4.69, 9.17) is 0 Å². The molecule has 1 aliphatic rings. The lowest BCUT2D eigenvalue weighted by Crippen LogP contribution is -2.52. The first-order chi connectivity index (χ1) is 8.44. The second-order valence-corrected chi connectivity index (χ2v) is 8.47. The van der Waals surface area contributed by atoms with Crippen LogP contribution < -0.4 is 5.32 Å². The van der Waals surface area contributed by atoms with Crippen molar-refractivity contribution in [3.8, 4) is 0 Å². The van der Waals surface area contributed by atoms with Gasteiger partial charge in [-0.15, -0.1) is 0 Å². The molecule has 1 rings (SSSR count). The van der Waals surface area contributed by atoms with Crippen LogP contribution in [0.2, 0.25) is 0 Å². The number of nitrogens with zero attached hydrogens (tertiary/aromatic N) is 1. The first-order valence-corrected chi connectivity index (χ1v) is 9.84. The molecule has 2 atom stereocenters. The van der Waals surface area contributed by atoms with Gasteiger partial charge < -0.3 is 10.2 Å². The average molecular weight is 294 g/mol. The molecular weight excluding hydrogens is 268 g/mol. The van der Waals surface area contributed by atoms with Gasteiger partial charge in [0.1, 0.15) is 9.84 Å². The molecule has 1 heterocycles. The van der Waals surface area contributed by atoms with E-state index in [1.54, 1.807) is 0 Å². The fraction of sp³-hybridized carbons (Fsp3) is 1.00. The van der Waals surface area contributed by atoms with E-state index in [1.165, 1.54) is 12.0 Å². The van der Waals surface area contributed by atoms with E-state index >= 15 is 0 Å². The highest BCUT2D eigenvalue weighted by Gasteiger charge is 2.27. The summed E-state index contributed by atoms with van der Waals surface area (Å²) < 4.78 is 22.4. The smallest absolute Gasteiger partial charge is 0.147 e. The number of hydrogen-bond acceptors (Lipinski definition) is 5. The summed E-state index contributed by atoms with van der Waals surface area (Å²) in [6.07, 6.45) is 3.01. The molecule has 4 nitrogen and oxygen atoms in total. The minimum atomic E-state index is -2.83. The molecule has 108 valence electrons. The Morgan fingerprint density at radius 3 is 2.78 bits per heavy atom. The second-order valence-electron chi connectivity index (χ2n) is 5.06. The summed E-state index contributed by atoms with van der Waals surface area (Å²) in [4.78, 5) is 2.41. The Kier molecular flexibility index (Phi) is 6.98. The standard InChI is InChI=1S/C12H26N2O2S2/c1-4-13-11(6-5-9-18(3,15)16)12-10-17-8-7-14(12)2/h11-13H,4-10H2,1-3H3. The van der Waals surface area contributed by atoms with E-state index in [-0.39, 0.29) is 0 Å². The zero-order chi connectivity index (χ0) is 13.6. The van der Waals surface area contributed by atoms with E-state index in [2.05, 4.69) is 24.2 Å². The monoisotopic (exact) mass is 294 g/mol. The van der Waals surface area contributed by atoms with E-state index in [9.17, 15) is 8.42 Å². The van der Waals surface area contributed by atoms with Crippen molar-refractivity contribution in [3.05, 3.63) is 0 Å². The third kappa shape index (κ3) is 5.91. The lowest BCUT2D eigenvalue weighted by atomic mass is 10.0. The van der Waals surface area contributed by atoms with Gasteiger partial charge in [-0.3, -0.25) is 0 Å². The van der Waals surface area contributed by atoms with Crippen molar-refractivity contribution >= 4 is 21.6 Å². The molecule has 0 aromatic rings. The molecule has 0 spiro atoms. The molecule has 1 fully saturated rings. The molecule has 0 bridgehead atoms. The van der Waals surface area contributed by atoms with Crippen molar-refractivity contribution in [2.45, 2.75) is 31.8 Å². The summed E-state index contributed by atoms with van der Waals surface area (Å²) >= 11 is 2.00. The molecule has 1 saturated heterocycles. The number of likely N-dealkylation sites (N-methyl/N-ethyl adjacent to an activating group) is 2. The van der Waals surface area contributed by atoms with Gasteiger partial charge in [-0.2, -0.15) is 11.8 Å². The van der Waals surface area contributed by atoms with Crippen LogP contribution in [0.25, 0.3) is 0 Å². The van der Waals surface area contributed by atoms with Crippen molar-refractivity contribution in [2.75, 3.05) is 43.7 Å². The Bertz CT molecular complexity index is 333. The molecule has 18 heavy (non-hydrogen) atoms. The zero-order valence-electron chi connectivity index (χ0n) is 11.7. The lowest BCUT2D eigenvalue weighted by Gasteiger charge is -2.38. The molecule has 6 heteroatoms. The highest BCUT2D eigenvalue weighted by molar-refractivity contribution is 7.99. The summed E-state index contributed by atoms with van der Waals surface area (Å²) in [6, 6.07) is 0.942. The van der Waals surface area contributed by atoms with E-state index in [1.807, 2.05) is 11.8 Å². The number of rotatable bonds is 7. The van der Waals surface area contributed by atoms with Crippen LogP contribution in [-0.4, -0.2) is 69.1 Å². The topological polar surface area (TPSA) is 49.4 Å². The number of nitrogens with one attached hydrogen (secondary N) is 1. The highest BCUT2D eigenvalue weighted by Crippen LogP contribution is 2.19. The maximum absolute atomic E-state index is 11.2. The van der Waals surface area contributed by atoms with E-state index in [0.29, 0.717) is 17.8 Å². The van der Waals surface area contributed by atoms with Gasteiger partial charge in [0, 0.05) is 42.1 Å². The Balaban J connectivity index is 2.47. The van der Waals surface area contributed by atoms with Gasteiger partial charge in [0.05, 0.1) is 0 Å². The number of sulfone groups is 1. The second kappa shape index (κ2) is 7.72. The molecule has 2 unspecified atom stereocenters. The molecule has 0 radical (unpaired) electrons. The van der Waals surface area contributed by atoms with Gasteiger partial charge in [-0.25, -0.2) is 8.42 Å². The molecule has 1 aliphatic heterocycles. The van der Waals surface area contributed by atoms with Crippen LogP contribution in [0.4, 0.5) is 0 Å². The third-order valence-corrected chi connectivity index (χ3v) is 5.48. The number of thioether (sulfide) groups is 1. The van der Waals surface area contributed by atoms with Crippen molar-refractivity contribution < 1.29 is 8.42 Å². The first kappa shape index (κ1) is 16.3. The maximum Gasteiger partial charge on any atom is 0.147 e. The van der Waals surface area contributed by atoms with Crippen molar-refractivity contribution in [1.29, 1.82) is 0 Å². The zero-order valence-corrected chi connectivity index (χ0v) is 13.3. The number of hydrogen-bond donors (Lipinski definition) is 1. The fourth-order valence-corrected chi connectivity index (χ4v) is 4.39. The quantitative estimate of drug-likeness (QED) is 0.754. The third-order valence-electron chi connectivity index (χ3n) is 3.40. The molecule has 0 aliphatic carbocycles. The molecule has 0 aromatic heterocycles. The fourth-order valence-electron chi connectivity index (χ4n) is 2.39. The van der Waals surface area contributed by atoms with Crippen molar-refractivity contribution in [3.63, 3.8) is 0 Å². The molecular formula is C12H26N2O2S2. The summed E-state index contributed by atoms with van der Waals surface area (Å²) in [6.45, 7) is 4.18. The van der Waals surface area contributed by atoms with Gasteiger partial charge in [0.25, 0.3) is 0 Å².